The quantitative estimate of drug-likeness (QED) is 0.792. The van der Waals surface area contributed by atoms with Gasteiger partial charge in [0.2, 0.25) is 0 Å². The molecule has 0 unspecified atom stereocenters. The summed E-state index contributed by atoms with van der Waals surface area (Å²) in [5.41, 5.74) is 3.92. The molecule has 1 heterocycles. The van der Waals surface area contributed by atoms with Crippen molar-refractivity contribution in [3.05, 3.63) is 17.7 Å². The summed E-state index contributed by atoms with van der Waals surface area (Å²) in [5.74, 6) is 0.00306. The van der Waals surface area contributed by atoms with Crippen LogP contribution < -0.4 is 15.8 Å². The standard InChI is InChI=1S/C15H18F3N3O3S/c1-14(2,3)21-13(22)24-5-4-23-8-6-9(15(16,17)18)11-10(7-8)25-12(19)20-11/h6-7H,4-5H2,1-3H3,(H2,19,20)(H,21,22). The van der Waals surface area contributed by atoms with Crippen LogP contribution in [0.2, 0.25) is 0 Å². The Morgan fingerprint density at radius 1 is 1.28 bits per heavy atom. The molecule has 10 heteroatoms. The normalized spacial score (nSPS) is 12.2. The number of nitrogens with zero attached hydrogens (tertiary/aromatic N) is 1. The average Bonchev–Trinajstić information content (AvgIpc) is 2.79. The summed E-state index contributed by atoms with van der Waals surface area (Å²) in [6, 6.07) is 2.28. The molecular formula is C15H18F3N3O3S. The molecule has 0 atom stereocenters. The summed E-state index contributed by atoms with van der Waals surface area (Å²) in [7, 11) is 0. The first-order chi connectivity index (χ1) is 11.5. The van der Waals surface area contributed by atoms with Crippen LogP contribution in [0.4, 0.5) is 23.1 Å². The fraction of sp³-hybridized carbons (Fsp3) is 0.467. The third kappa shape index (κ3) is 5.38. The van der Waals surface area contributed by atoms with Gasteiger partial charge in [-0.1, -0.05) is 11.3 Å². The van der Waals surface area contributed by atoms with Crippen molar-refractivity contribution in [1.29, 1.82) is 0 Å². The van der Waals surface area contributed by atoms with E-state index >= 15 is 0 Å². The van der Waals surface area contributed by atoms with Crippen LogP contribution in [0, 0.1) is 0 Å². The highest BCUT2D eigenvalue weighted by Gasteiger charge is 2.34. The van der Waals surface area contributed by atoms with Gasteiger partial charge in [-0.15, -0.1) is 0 Å². The molecule has 0 spiro atoms. The molecule has 0 fully saturated rings. The summed E-state index contributed by atoms with van der Waals surface area (Å²) in [6.07, 6.45) is -5.21. The molecule has 138 valence electrons. The number of aromatic nitrogens is 1. The van der Waals surface area contributed by atoms with Gasteiger partial charge in [0.1, 0.15) is 19.0 Å². The van der Waals surface area contributed by atoms with Crippen molar-refractivity contribution in [3.8, 4) is 5.75 Å². The maximum Gasteiger partial charge on any atom is 0.418 e. The summed E-state index contributed by atoms with van der Waals surface area (Å²) in [4.78, 5) is 15.2. The van der Waals surface area contributed by atoms with Crippen LogP contribution in [0.3, 0.4) is 0 Å². The zero-order chi connectivity index (χ0) is 18.8. The van der Waals surface area contributed by atoms with E-state index < -0.39 is 23.4 Å². The van der Waals surface area contributed by atoms with Crippen molar-refractivity contribution in [2.24, 2.45) is 0 Å². The average molecular weight is 377 g/mol. The van der Waals surface area contributed by atoms with Crippen molar-refractivity contribution < 1.29 is 27.4 Å². The summed E-state index contributed by atoms with van der Waals surface area (Å²) < 4.78 is 49.9. The molecule has 1 aromatic heterocycles. The van der Waals surface area contributed by atoms with E-state index in [1.165, 1.54) is 6.07 Å². The number of nitrogen functional groups attached to an aromatic ring is 1. The van der Waals surface area contributed by atoms with Gasteiger partial charge in [0, 0.05) is 5.54 Å². The SMILES string of the molecule is CC(C)(C)NC(=O)OCCOc1cc(C(F)(F)F)c2nc(N)sc2c1. The smallest absolute Gasteiger partial charge is 0.418 e. The Balaban J connectivity index is 2.03. The number of benzene rings is 1. The van der Waals surface area contributed by atoms with Gasteiger partial charge in [-0.2, -0.15) is 13.2 Å². The fourth-order valence-corrected chi connectivity index (χ4v) is 2.75. The molecule has 2 aromatic rings. The van der Waals surface area contributed by atoms with E-state index in [-0.39, 0.29) is 34.3 Å². The number of hydrogen-bond donors (Lipinski definition) is 2. The second-order valence-electron chi connectivity index (χ2n) is 6.23. The van der Waals surface area contributed by atoms with Gasteiger partial charge >= 0.3 is 12.3 Å². The van der Waals surface area contributed by atoms with Gasteiger partial charge in [0.05, 0.1) is 15.8 Å². The van der Waals surface area contributed by atoms with E-state index in [4.69, 9.17) is 15.2 Å². The lowest BCUT2D eigenvalue weighted by Gasteiger charge is -2.20. The molecule has 0 bridgehead atoms. The maximum atomic E-state index is 13.1. The Morgan fingerprint density at radius 2 is 1.96 bits per heavy atom. The van der Waals surface area contributed by atoms with Crippen molar-refractivity contribution in [2.45, 2.75) is 32.5 Å². The lowest BCUT2D eigenvalue weighted by molar-refractivity contribution is -0.136. The number of carbonyl (C=O) groups is 1. The minimum atomic E-state index is -4.58. The molecule has 0 aliphatic rings. The molecule has 2 rings (SSSR count). The minimum Gasteiger partial charge on any atom is -0.490 e. The molecule has 0 saturated carbocycles. The molecule has 3 N–H and O–H groups in total. The predicted molar refractivity (Wildman–Crippen MR) is 88.8 cm³/mol. The first kappa shape index (κ1) is 19.1. The maximum absolute atomic E-state index is 13.1. The zero-order valence-electron chi connectivity index (χ0n) is 13.9. The number of alkyl carbamates (subject to hydrolysis) is 1. The van der Waals surface area contributed by atoms with Gasteiger partial charge in [-0.25, -0.2) is 9.78 Å². The van der Waals surface area contributed by atoms with E-state index in [9.17, 15) is 18.0 Å². The van der Waals surface area contributed by atoms with E-state index in [1.807, 2.05) is 0 Å². The van der Waals surface area contributed by atoms with E-state index in [0.717, 1.165) is 17.4 Å². The van der Waals surface area contributed by atoms with E-state index in [2.05, 4.69) is 10.3 Å². The second-order valence-corrected chi connectivity index (χ2v) is 7.29. The van der Waals surface area contributed by atoms with Crippen LogP contribution in [-0.2, 0) is 10.9 Å². The van der Waals surface area contributed by atoms with Gasteiger partial charge < -0.3 is 20.5 Å². The number of halogens is 3. The zero-order valence-corrected chi connectivity index (χ0v) is 14.7. The number of alkyl halides is 3. The summed E-state index contributed by atoms with van der Waals surface area (Å²) >= 11 is 0.938. The summed E-state index contributed by atoms with van der Waals surface area (Å²) in [5, 5.41) is 2.63. The van der Waals surface area contributed by atoms with E-state index in [1.54, 1.807) is 20.8 Å². The molecule has 0 aliphatic heterocycles. The lowest BCUT2D eigenvalue weighted by Crippen LogP contribution is -2.41. The molecule has 1 amide bonds. The number of thiazole rings is 1. The Kier molecular flexibility index (Phi) is 5.31. The van der Waals surface area contributed by atoms with Crippen molar-refractivity contribution in [1.82, 2.24) is 10.3 Å². The van der Waals surface area contributed by atoms with Crippen molar-refractivity contribution >= 4 is 32.8 Å². The number of hydrogen-bond acceptors (Lipinski definition) is 6. The predicted octanol–water partition coefficient (Wildman–Crippen LogP) is 3.80. The highest BCUT2D eigenvalue weighted by Crippen LogP contribution is 2.39. The van der Waals surface area contributed by atoms with Gasteiger partial charge in [0.15, 0.2) is 5.13 Å². The van der Waals surface area contributed by atoms with Gasteiger partial charge in [0.25, 0.3) is 0 Å². The monoisotopic (exact) mass is 377 g/mol. The molecule has 1 aromatic carbocycles. The summed E-state index contributed by atoms with van der Waals surface area (Å²) in [6.45, 7) is 5.18. The lowest BCUT2D eigenvalue weighted by atomic mass is 10.1. The molecular weight excluding hydrogens is 359 g/mol. The number of rotatable bonds is 4. The number of ether oxygens (including phenoxy) is 2. The number of nitrogens with one attached hydrogen (secondary N) is 1. The van der Waals surface area contributed by atoms with Crippen LogP contribution in [0.5, 0.6) is 5.75 Å². The molecule has 0 saturated heterocycles. The van der Waals surface area contributed by atoms with Crippen molar-refractivity contribution in [2.75, 3.05) is 18.9 Å². The molecule has 6 nitrogen and oxygen atoms in total. The Labute approximate surface area is 146 Å². The Bertz CT molecular complexity index is 769. The van der Waals surface area contributed by atoms with Crippen LogP contribution in [0.1, 0.15) is 26.3 Å². The minimum absolute atomic E-state index is 0.00306. The van der Waals surface area contributed by atoms with E-state index in [0.29, 0.717) is 0 Å². The largest absolute Gasteiger partial charge is 0.490 e. The fourth-order valence-electron chi connectivity index (χ4n) is 1.96. The van der Waals surface area contributed by atoms with Crippen LogP contribution in [-0.4, -0.2) is 29.8 Å². The highest BCUT2D eigenvalue weighted by atomic mass is 32.1. The number of carbonyl (C=O) groups excluding carboxylic acids is 1. The third-order valence-corrected chi connectivity index (χ3v) is 3.68. The van der Waals surface area contributed by atoms with Crippen LogP contribution in [0.25, 0.3) is 10.2 Å². The van der Waals surface area contributed by atoms with Crippen molar-refractivity contribution in [3.63, 3.8) is 0 Å². The third-order valence-electron chi connectivity index (χ3n) is 2.85. The van der Waals surface area contributed by atoms with Gasteiger partial charge in [-0.3, -0.25) is 0 Å². The van der Waals surface area contributed by atoms with Crippen LogP contribution in [0.15, 0.2) is 12.1 Å². The number of anilines is 1. The first-order valence-corrected chi connectivity index (χ1v) is 8.12. The second kappa shape index (κ2) is 6.95. The molecule has 0 aliphatic carbocycles. The number of nitrogens with two attached hydrogens (primary N) is 1. The Hall–Kier alpha value is -2.23. The molecule has 0 radical (unpaired) electrons. The topological polar surface area (TPSA) is 86.5 Å². The van der Waals surface area contributed by atoms with Crippen LogP contribution >= 0.6 is 11.3 Å². The first-order valence-electron chi connectivity index (χ1n) is 7.31. The highest BCUT2D eigenvalue weighted by molar-refractivity contribution is 7.22. The molecule has 25 heavy (non-hydrogen) atoms. The number of amides is 1. The number of fused-ring (bicyclic) bond motifs is 1. The van der Waals surface area contributed by atoms with Gasteiger partial charge in [-0.05, 0) is 32.9 Å². The Morgan fingerprint density at radius 3 is 2.56 bits per heavy atom.